The van der Waals surface area contributed by atoms with Crippen LogP contribution in [0.25, 0.3) is 0 Å². The topological polar surface area (TPSA) is 20.3 Å². The summed E-state index contributed by atoms with van der Waals surface area (Å²) in [6.07, 6.45) is 11.6. The Labute approximate surface area is 148 Å². The first-order valence-corrected chi connectivity index (χ1v) is 9.88. The number of nitrogens with zero attached hydrogens (tertiary/aromatic N) is 1. The van der Waals surface area contributed by atoms with Crippen LogP contribution in [0.3, 0.4) is 0 Å². The number of rotatable bonds is 9. The van der Waals surface area contributed by atoms with Crippen molar-refractivity contribution >= 4 is 5.78 Å². The fourth-order valence-corrected chi connectivity index (χ4v) is 3.88. The van der Waals surface area contributed by atoms with Crippen molar-refractivity contribution in [3.05, 3.63) is 35.4 Å². The van der Waals surface area contributed by atoms with Gasteiger partial charge >= 0.3 is 0 Å². The van der Waals surface area contributed by atoms with Gasteiger partial charge in [-0.25, -0.2) is 0 Å². The first-order chi connectivity index (χ1) is 11.6. The summed E-state index contributed by atoms with van der Waals surface area (Å²) >= 11 is 0. The van der Waals surface area contributed by atoms with Crippen LogP contribution in [0.2, 0.25) is 0 Å². The number of ketones is 1. The average molecular weight is 330 g/mol. The number of carbonyl (C=O) groups excluding carboxylic acids is 1. The lowest BCUT2D eigenvalue weighted by molar-refractivity contribution is 0.0972. The van der Waals surface area contributed by atoms with Crippen molar-refractivity contribution < 1.29 is 4.79 Å². The van der Waals surface area contributed by atoms with Crippen LogP contribution < -0.4 is 0 Å². The van der Waals surface area contributed by atoms with E-state index in [2.05, 4.69) is 24.0 Å². The fraction of sp³-hybridized carbons (Fsp3) is 0.682. The monoisotopic (exact) mass is 329 g/mol. The van der Waals surface area contributed by atoms with E-state index in [4.69, 9.17) is 0 Å². The molecule has 0 radical (unpaired) electrons. The molecule has 0 aromatic heterocycles. The second-order valence-corrected chi connectivity index (χ2v) is 7.81. The van der Waals surface area contributed by atoms with Crippen molar-refractivity contribution in [1.29, 1.82) is 0 Å². The summed E-state index contributed by atoms with van der Waals surface area (Å²) in [5.41, 5.74) is 2.31. The molecule has 1 fully saturated rings. The summed E-state index contributed by atoms with van der Waals surface area (Å²) in [7, 11) is 4.02. The Morgan fingerprint density at radius 3 is 2.29 bits per heavy atom. The minimum Gasteiger partial charge on any atom is -0.309 e. The quantitative estimate of drug-likeness (QED) is 0.429. The van der Waals surface area contributed by atoms with Gasteiger partial charge in [0.05, 0.1) is 0 Å². The van der Waals surface area contributed by atoms with Gasteiger partial charge in [-0.05, 0) is 57.2 Å². The molecule has 0 spiro atoms. The standard InChI is InChI=1S/C22H35NO/c1-4-5-6-7-18-8-10-19(11-9-18)20-12-14-21(15-13-20)22(24)16-17-23(2)3/h12-15,18-19H,4-11,16-17H2,1-3H3. The maximum Gasteiger partial charge on any atom is 0.164 e. The molecule has 0 aliphatic heterocycles. The second kappa shape index (κ2) is 9.98. The maximum absolute atomic E-state index is 12.2. The molecular weight excluding hydrogens is 294 g/mol. The van der Waals surface area contributed by atoms with Gasteiger partial charge in [-0.15, -0.1) is 0 Å². The molecule has 24 heavy (non-hydrogen) atoms. The van der Waals surface area contributed by atoms with Gasteiger partial charge in [0.15, 0.2) is 5.78 Å². The summed E-state index contributed by atoms with van der Waals surface area (Å²) in [6, 6.07) is 8.48. The second-order valence-electron chi connectivity index (χ2n) is 7.81. The molecule has 0 bridgehead atoms. The van der Waals surface area contributed by atoms with Crippen LogP contribution in [0.1, 0.15) is 86.6 Å². The van der Waals surface area contributed by atoms with Crippen LogP contribution in [-0.4, -0.2) is 31.3 Å². The van der Waals surface area contributed by atoms with Crippen molar-refractivity contribution in [3.8, 4) is 0 Å². The molecule has 0 N–H and O–H groups in total. The summed E-state index contributed by atoms with van der Waals surface area (Å²) < 4.78 is 0. The summed E-state index contributed by atoms with van der Waals surface area (Å²) in [5, 5.41) is 0. The smallest absolute Gasteiger partial charge is 0.164 e. The first-order valence-electron chi connectivity index (χ1n) is 9.88. The molecule has 0 heterocycles. The Morgan fingerprint density at radius 1 is 1.04 bits per heavy atom. The molecular formula is C22H35NO. The van der Waals surface area contributed by atoms with E-state index in [1.807, 2.05) is 26.2 Å². The zero-order valence-electron chi connectivity index (χ0n) is 15.9. The van der Waals surface area contributed by atoms with E-state index < -0.39 is 0 Å². The third kappa shape index (κ3) is 6.05. The molecule has 2 rings (SSSR count). The summed E-state index contributed by atoms with van der Waals surface area (Å²) in [4.78, 5) is 14.2. The fourth-order valence-electron chi connectivity index (χ4n) is 3.88. The number of unbranched alkanes of at least 4 members (excludes halogenated alkanes) is 2. The Hall–Kier alpha value is -1.15. The largest absolute Gasteiger partial charge is 0.309 e. The molecule has 1 aliphatic rings. The average Bonchev–Trinajstić information content (AvgIpc) is 2.60. The number of hydrogen-bond donors (Lipinski definition) is 0. The predicted octanol–water partition coefficient (Wildman–Crippen LogP) is 5.68. The van der Waals surface area contributed by atoms with Crippen LogP contribution in [0.15, 0.2) is 24.3 Å². The molecule has 0 saturated heterocycles. The molecule has 1 aromatic carbocycles. The van der Waals surface area contributed by atoms with Crippen LogP contribution in [0.4, 0.5) is 0 Å². The highest BCUT2D eigenvalue weighted by molar-refractivity contribution is 5.96. The zero-order chi connectivity index (χ0) is 17.4. The van der Waals surface area contributed by atoms with Gasteiger partial charge in [-0.1, -0.05) is 56.9 Å². The molecule has 0 amide bonds. The summed E-state index contributed by atoms with van der Waals surface area (Å²) in [5.74, 6) is 1.92. The first kappa shape index (κ1) is 19.2. The van der Waals surface area contributed by atoms with Gasteiger partial charge in [0, 0.05) is 18.5 Å². The Balaban J connectivity index is 1.80. The minimum atomic E-state index is 0.259. The number of benzene rings is 1. The van der Waals surface area contributed by atoms with E-state index in [1.54, 1.807) is 0 Å². The van der Waals surface area contributed by atoms with E-state index in [0.717, 1.165) is 18.0 Å². The molecule has 2 nitrogen and oxygen atoms in total. The Bertz CT molecular complexity index is 483. The van der Waals surface area contributed by atoms with Gasteiger partial charge in [0.1, 0.15) is 0 Å². The van der Waals surface area contributed by atoms with E-state index in [1.165, 1.54) is 56.9 Å². The number of Topliss-reactive ketones (excluding diaryl/α,β-unsaturated/α-hetero) is 1. The normalized spacial score (nSPS) is 21.2. The van der Waals surface area contributed by atoms with Crippen LogP contribution in [0, 0.1) is 5.92 Å². The van der Waals surface area contributed by atoms with Crippen molar-refractivity contribution in [2.75, 3.05) is 20.6 Å². The predicted molar refractivity (Wildman–Crippen MR) is 103 cm³/mol. The van der Waals surface area contributed by atoms with E-state index in [9.17, 15) is 4.79 Å². The highest BCUT2D eigenvalue weighted by Crippen LogP contribution is 2.37. The van der Waals surface area contributed by atoms with Gasteiger partial charge in [0.2, 0.25) is 0 Å². The molecule has 0 unspecified atom stereocenters. The van der Waals surface area contributed by atoms with Crippen molar-refractivity contribution in [2.45, 2.75) is 70.6 Å². The molecule has 1 aromatic rings. The van der Waals surface area contributed by atoms with E-state index in [-0.39, 0.29) is 5.78 Å². The maximum atomic E-state index is 12.2. The number of carbonyl (C=O) groups is 1. The molecule has 2 heteroatoms. The van der Waals surface area contributed by atoms with Crippen LogP contribution in [0.5, 0.6) is 0 Å². The van der Waals surface area contributed by atoms with E-state index in [0.29, 0.717) is 12.3 Å². The Kier molecular flexibility index (Phi) is 7.98. The van der Waals surface area contributed by atoms with Crippen molar-refractivity contribution in [3.63, 3.8) is 0 Å². The van der Waals surface area contributed by atoms with Crippen molar-refractivity contribution in [2.24, 2.45) is 5.92 Å². The highest BCUT2D eigenvalue weighted by atomic mass is 16.1. The SMILES string of the molecule is CCCCCC1CCC(c2ccc(C(=O)CCN(C)C)cc2)CC1. The third-order valence-corrected chi connectivity index (χ3v) is 5.55. The van der Waals surface area contributed by atoms with Crippen LogP contribution >= 0.6 is 0 Å². The number of hydrogen-bond acceptors (Lipinski definition) is 2. The Morgan fingerprint density at radius 2 is 1.71 bits per heavy atom. The van der Waals surface area contributed by atoms with Gasteiger partial charge in [0.25, 0.3) is 0 Å². The molecule has 1 aliphatic carbocycles. The molecule has 0 atom stereocenters. The van der Waals surface area contributed by atoms with Gasteiger partial charge in [-0.3, -0.25) is 4.79 Å². The zero-order valence-corrected chi connectivity index (χ0v) is 15.9. The summed E-state index contributed by atoms with van der Waals surface area (Å²) in [6.45, 7) is 3.11. The van der Waals surface area contributed by atoms with Gasteiger partial charge < -0.3 is 4.90 Å². The minimum absolute atomic E-state index is 0.259. The molecule has 134 valence electrons. The molecule has 1 saturated carbocycles. The lowest BCUT2D eigenvalue weighted by Gasteiger charge is -2.29. The lowest BCUT2D eigenvalue weighted by Crippen LogP contribution is -2.17. The third-order valence-electron chi connectivity index (χ3n) is 5.55. The van der Waals surface area contributed by atoms with E-state index >= 15 is 0 Å². The highest BCUT2D eigenvalue weighted by Gasteiger charge is 2.22. The van der Waals surface area contributed by atoms with Crippen molar-refractivity contribution in [1.82, 2.24) is 4.90 Å². The van der Waals surface area contributed by atoms with Gasteiger partial charge in [-0.2, -0.15) is 0 Å². The van der Waals surface area contributed by atoms with Crippen LogP contribution in [-0.2, 0) is 0 Å². The lowest BCUT2D eigenvalue weighted by atomic mass is 9.77.